The molecule has 0 aliphatic carbocycles. The predicted octanol–water partition coefficient (Wildman–Crippen LogP) is 14.6. The monoisotopic (exact) mass is 675 g/mol. The Morgan fingerprint density at radius 3 is 1.26 bits per heavy atom. The van der Waals surface area contributed by atoms with Crippen LogP contribution in [0.4, 0.5) is 11.4 Å². The molecule has 0 bridgehead atoms. The van der Waals surface area contributed by atoms with Gasteiger partial charge in [0.1, 0.15) is 0 Å². The van der Waals surface area contributed by atoms with Gasteiger partial charge in [0, 0.05) is 17.1 Å². The first-order valence-electron chi connectivity index (χ1n) is 18.1. The largest absolute Gasteiger partial charge is 0.311 e. The third-order valence-corrected chi connectivity index (χ3v) is 10.3. The highest BCUT2D eigenvalue weighted by molar-refractivity contribution is 6.15. The minimum absolute atomic E-state index is 0.844. The van der Waals surface area contributed by atoms with Crippen molar-refractivity contribution in [2.45, 2.75) is 0 Å². The fraction of sp³-hybridized carbons (Fsp3) is 0. The van der Waals surface area contributed by atoms with Gasteiger partial charge in [0.15, 0.2) is 0 Å². The topological polar surface area (TPSA) is 3.24 Å². The zero-order valence-corrected chi connectivity index (χ0v) is 29.4. The van der Waals surface area contributed by atoms with Gasteiger partial charge in [0.2, 0.25) is 0 Å². The highest BCUT2D eigenvalue weighted by atomic mass is 15.1. The van der Waals surface area contributed by atoms with Crippen LogP contribution in [-0.4, -0.2) is 0 Å². The Hall–Kier alpha value is -6.96. The van der Waals surface area contributed by atoms with Crippen LogP contribution in [0.5, 0.6) is 0 Å². The molecule has 1 nitrogen and oxygen atoms in total. The van der Waals surface area contributed by atoms with E-state index in [4.69, 9.17) is 0 Å². The van der Waals surface area contributed by atoms with Gasteiger partial charge in [0.25, 0.3) is 0 Å². The molecule has 9 aromatic rings. The van der Waals surface area contributed by atoms with Crippen LogP contribution in [0.25, 0.3) is 70.9 Å². The molecule has 0 saturated carbocycles. The quantitative estimate of drug-likeness (QED) is 0.114. The zero-order valence-electron chi connectivity index (χ0n) is 29.4. The molecule has 250 valence electrons. The highest BCUT2D eigenvalue weighted by Crippen LogP contribution is 2.40. The molecule has 1 heteroatoms. The lowest BCUT2D eigenvalue weighted by Gasteiger charge is -2.27. The average molecular weight is 676 g/mol. The lowest BCUT2D eigenvalue weighted by Crippen LogP contribution is -2.14. The van der Waals surface area contributed by atoms with Crippen molar-refractivity contribution >= 4 is 60.0 Å². The van der Waals surface area contributed by atoms with Gasteiger partial charge in [-0.05, 0) is 119 Å². The summed E-state index contributed by atoms with van der Waals surface area (Å²) >= 11 is 0. The Kier molecular flexibility index (Phi) is 8.23. The Bertz CT molecular complexity index is 2680. The van der Waals surface area contributed by atoms with Crippen LogP contribution < -0.4 is 4.90 Å². The molecule has 9 rings (SSSR count). The van der Waals surface area contributed by atoms with Gasteiger partial charge in [-0.2, -0.15) is 0 Å². The van der Waals surface area contributed by atoms with Gasteiger partial charge in [-0.1, -0.05) is 171 Å². The zero-order chi connectivity index (χ0) is 35.7. The van der Waals surface area contributed by atoms with Crippen LogP contribution in [0.1, 0.15) is 5.56 Å². The summed E-state index contributed by atoms with van der Waals surface area (Å²) in [5, 5.41) is 10.1. The number of anilines is 2. The Labute approximate surface area is 310 Å². The molecule has 0 N–H and O–H groups in total. The normalized spacial score (nSPS) is 11.7. The molecular weight excluding hydrogens is 639 g/mol. The van der Waals surface area contributed by atoms with Crippen LogP contribution in [0.15, 0.2) is 219 Å². The van der Waals surface area contributed by atoms with E-state index >= 15 is 0 Å². The fourth-order valence-electron chi connectivity index (χ4n) is 7.78. The van der Waals surface area contributed by atoms with Crippen molar-refractivity contribution < 1.29 is 0 Å². The number of rotatable bonds is 8. The summed E-state index contributed by atoms with van der Waals surface area (Å²) in [6.07, 6.45) is 4.03. The first kappa shape index (κ1) is 32.0. The van der Waals surface area contributed by atoms with Gasteiger partial charge >= 0.3 is 0 Å². The lowest BCUT2D eigenvalue weighted by molar-refractivity contribution is 1.22. The summed E-state index contributed by atoms with van der Waals surface area (Å²) in [7, 11) is 0. The maximum Gasteiger partial charge on any atom is 0.0461 e. The molecule has 0 heterocycles. The molecule has 0 unspecified atom stereocenters. The second kappa shape index (κ2) is 13.6. The van der Waals surface area contributed by atoms with Crippen LogP contribution >= 0.6 is 0 Å². The summed E-state index contributed by atoms with van der Waals surface area (Å²) in [5.74, 6) is 0. The van der Waals surface area contributed by atoms with E-state index in [9.17, 15) is 0 Å². The fourth-order valence-corrected chi connectivity index (χ4v) is 7.78. The molecule has 9 aromatic carbocycles. The third-order valence-electron chi connectivity index (χ3n) is 10.3. The van der Waals surface area contributed by atoms with Crippen molar-refractivity contribution in [3.8, 4) is 22.3 Å². The van der Waals surface area contributed by atoms with Gasteiger partial charge in [0.05, 0.1) is 0 Å². The summed E-state index contributed by atoms with van der Waals surface area (Å²) in [6.45, 7) is 8.78. The van der Waals surface area contributed by atoms with Crippen molar-refractivity contribution in [3.05, 3.63) is 225 Å². The molecule has 0 aliphatic rings. The Morgan fingerprint density at radius 2 is 0.811 bits per heavy atom. The lowest BCUT2D eigenvalue weighted by atomic mass is 9.93. The number of nitrogens with zero attached hydrogens (tertiary/aromatic N) is 1. The number of allylic oxidation sites excluding steroid dienone is 3. The van der Waals surface area contributed by atoms with Crippen molar-refractivity contribution in [1.29, 1.82) is 0 Å². The highest BCUT2D eigenvalue weighted by Gasteiger charge is 2.16. The third kappa shape index (κ3) is 5.89. The molecule has 0 aliphatic heterocycles. The Balaban J connectivity index is 1.15. The van der Waals surface area contributed by atoms with Gasteiger partial charge in [-0.15, -0.1) is 0 Å². The molecule has 0 atom stereocenters. The van der Waals surface area contributed by atoms with Gasteiger partial charge in [-0.25, -0.2) is 0 Å². The van der Waals surface area contributed by atoms with Crippen molar-refractivity contribution in [1.82, 2.24) is 0 Å². The number of benzene rings is 9. The number of hydrogen-bond acceptors (Lipinski definition) is 1. The number of fused-ring (bicyclic) bond motifs is 6. The van der Waals surface area contributed by atoms with Crippen LogP contribution in [0.2, 0.25) is 0 Å². The van der Waals surface area contributed by atoms with Crippen molar-refractivity contribution in [3.63, 3.8) is 0 Å². The van der Waals surface area contributed by atoms with Crippen molar-refractivity contribution in [2.24, 2.45) is 0 Å². The molecule has 0 spiro atoms. The summed E-state index contributed by atoms with van der Waals surface area (Å²) in [4.78, 5) is 2.23. The van der Waals surface area contributed by atoms with E-state index in [1.54, 1.807) is 0 Å². The maximum absolute atomic E-state index is 4.63. The van der Waals surface area contributed by atoms with Crippen LogP contribution in [0, 0.1) is 0 Å². The summed E-state index contributed by atoms with van der Waals surface area (Å²) < 4.78 is 0. The van der Waals surface area contributed by atoms with Crippen LogP contribution in [0.3, 0.4) is 0 Å². The maximum atomic E-state index is 4.63. The van der Waals surface area contributed by atoms with E-state index in [0.717, 1.165) is 28.2 Å². The van der Waals surface area contributed by atoms with E-state index in [1.165, 1.54) is 65.3 Å². The molecule has 0 fully saturated rings. The first-order valence-corrected chi connectivity index (χ1v) is 18.1. The molecule has 0 radical (unpaired) electrons. The number of hydrogen-bond donors (Lipinski definition) is 0. The van der Waals surface area contributed by atoms with E-state index in [2.05, 4.69) is 206 Å². The second-order valence-electron chi connectivity index (χ2n) is 13.5. The van der Waals surface area contributed by atoms with Crippen LogP contribution in [-0.2, 0) is 0 Å². The predicted molar refractivity (Wildman–Crippen MR) is 230 cm³/mol. The molecule has 0 saturated heterocycles. The molecule has 0 aromatic heterocycles. The standard InChI is InChI=1S/C52H37N/c1-3-37(38-15-5-4-6-16-38)33-36(2)53(43-29-25-39(26-30-43)51-34-41-17-7-9-19-45(41)47-21-11-13-23-49(47)51)44-31-27-40(28-32-44)52-35-42-18-8-10-20-46(42)48-22-12-14-24-50(48)52/h3-35H,1-2H2/b37-33+. The Morgan fingerprint density at radius 1 is 0.415 bits per heavy atom. The van der Waals surface area contributed by atoms with Gasteiger partial charge < -0.3 is 4.90 Å². The van der Waals surface area contributed by atoms with E-state index in [1.807, 2.05) is 12.1 Å². The molecule has 53 heavy (non-hydrogen) atoms. The van der Waals surface area contributed by atoms with E-state index < -0.39 is 0 Å². The first-order chi connectivity index (χ1) is 26.2. The average Bonchev–Trinajstić information content (AvgIpc) is 3.23. The second-order valence-corrected chi connectivity index (χ2v) is 13.5. The smallest absolute Gasteiger partial charge is 0.0461 e. The van der Waals surface area contributed by atoms with E-state index in [-0.39, 0.29) is 0 Å². The summed E-state index contributed by atoms with van der Waals surface area (Å²) in [6, 6.07) is 67.4. The minimum atomic E-state index is 0.844. The minimum Gasteiger partial charge on any atom is -0.311 e. The molecule has 0 amide bonds. The van der Waals surface area contributed by atoms with Crippen molar-refractivity contribution in [2.75, 3.05) is 4.90 Å². The van der Waals surface area contributed by atoms with Gasteiger partial charge in [-0.3, -0.25) is 0 Å². The SMILES string of the molecule is C=C/C(=C\C(=C)N(c1ccc(-c2cc3ccccc3c3ccccc23)cc1)c1ccc(-c2cc3ccccc3c3ccccc23)cc1)c1ccccc1. The van der Waals surface area contributed by atoms with E-state index in [0.29, 0.717) is 0 Å². The summed E-state index contributed by atoms with van der Waals surface area (Å²) in [5.41, 5.74) is 9.80. The molecular formula is C52H37N.